The third-order valence-electron chi connectivity index (χ3n) is 1.11. The molecule has 0 amide bonds. The van der Waals surface area contributed by atoms with Crippen molar-refractivity contribution < 1.29 is 10.2 Å². The van der Waals surface area contributed by atoms with E-state index in [2.05, 4.69) is 4.98 Å². The second kappa shape index (κ2) is 2.55. The van der Waals surface area contributed by atoms with Gasteiger partial charge in [0.1, 0.15) is 0 Å². The zero-order valence-corrected chi connectivity index (χ0v) is 4.96. The summed E-state index contributed by atoms with van der Waals surface area (Å²) in [6, 6.07) is 3.30. The van der Waals surface area contributed by atoms with E-state index in [1.807, 2.05) is 0 Å². The van der Waals surface area contributed by atoms with Gasteiger partial charge >= 0.3 is 0 Å². The van der Waals surface area contributed by atoms with Crippen molar-refractivity contribution in [1.82, 2.24) is 4.98 Å². The van der Waals surface area contributed by atoms with Crippen LogP contribution in [0.1, 0.15) is 5.69 Å². The molecule has 1 rings (SSSR count). The lowest BCUT2D eigenvalue weighted by Gasteiger charge is -1.88. The summed E-state index contributed by atoms with van der Waals surface area (Å²) in [5.41, 5.74) is 0.856. The molecule has 0 bridgehead atoms. The van der Waals surface area contributed by atoms with Crippen LogP contribution in [-0.2, 0) is 6.42 Å². The van der Waals surface area contributed by atoms with Gasteiger partial charge in [-0.25, -0.2) is 0 Å². The van der Waals surface area contributed by atoms with Gasteiger partial charge in [0.15, 0.2) is 5.88 Å². The molecule has 0 saturated heterocycles. The molecule has 3 heteroatoms. The minimum atomic E-state index is 0.111. The Morgan fingerprint density at radius 3 is 2.67 bits per heavy atom. The second-order valence-corrected chi connectivity index (χ2v) is 1.84. The fourth-order valence-corrected chi connectivity index (χ4v) is 0.694. The Labute approximate surface area is 53.0 Å². The average Bonchev–Trinajstić information content (AvgIpc) is 2.17. The van der Waals surface area contributed by atoms with Crippen LogP contribution in [0.15, 0.2) is 12.1 Å². The first-order valence-corrected chi connectivity index (χ1v) is 2.80. The van der Waals surface area contributed by atoms with Gasteiger partial charge in [0, 0.05) is 18.7 Å². The van der Waals surface area contributed by atoms with Gasteiger partial charge in [-0.05, 0) is 12.1 Å². The summed E-state index contributed by atoms with van der Waals surface area (Å²) >= 11 is 0. The predicted octanol–water partition coefficient (Wildman–Crippen LogP) is 0.255. The maximum Gasteiger partial charge on any atom is 0.188 e. The summed E-state index contributed by atoms with van der Waals surface area (Å²) in [7, 11) is 0. The number of hydrogen-bond acceptors (Lipinski definition) is 2. The first-order valence-electron chi connectivity index (χ1n) is 2.80. The van der Waals surface area contributed by atoms with Crippen LogP contribution >= 0.6 is 0 Å². The molecule has 0 saturated carbocycles. The molecule has 0 aliphatic carbocycles. The maximum atomic E-state index is 8.74. The standard InChI is InChI=1S/C6H9NO2/c8-4-3-5-1-2-6(9)7-5/h1-2,7-9H,3-4H2. The number of H-pyrrole nitrogens is 1. The minimum absolute atomic E-state index is 0.111. The van der Waals surface area contributed by atoms with Crippen molar-refractivity contribution in [2.75, 3.05) is 6.61 Å². The monoisotopic (exact) mass is 127 g/mol. The number of aliphatic hydroxyl groups excluding tert-OH is 1. The van der Waals surface area contributed by atoms with Crippen molar-refractivity contribution in [3.63, 3.8) is 0 Å². The Morgan fingerprint density at radius 1 is 1.44 bits per heavy atom. The van der Waals surface area contributed by atoms with E-state index in [0.717, 1.165) is 5.69 Å². The minimum Gasteiger partial charge on any atom is -0.495 e. The molecule has 50 valence electrons. The zero-order chi connectivity index (χ0) is 6.69. The Hall–Kier alpha value is -0.960. The SMILES string of the molecule is OCCc1ccc(O)[nH]1. The van der Waals surface area contributed by atoms with E-state index in [0.29, 0.717) is 6.42 Å². The van der Waals surface area contributed by atoms with Gasteiger partial charge in [-0.3, -0.25) is 0 Å². The molecule has 1 aromatic heterocycles. The van der Waals surface area contributed by atoms with E-state index in [-0.39, 0.29) is 12.5 Å². The summed E-state index contributed by atoms with van der Waals surface area (Å²) < 4.78 is 0. The number of aromatic hydroxyl groups is 1. The number of hydrogen-bond donors (Lipinski definition) is 3. The van der Waals surface area contributed by atoms with Crippen LogP contribution in [0.5, 0.6) is 5.88 Å². The highest BCUT2D eigenvalue weighted by molar-refractivity contribution is 5.16. The van der Waals surface area contributed by atoms with Crippen molar-refractivity contribution in [2.45, 2.75) is 6.42 Å². The molecule has 1 heterocycles. The second-order valence-electron chi connectivity index (χ2n) is 1.84. The van der Waals surface area contributed by atoms with E-state index < -0.39 is 0 Å². The lowest BCUT2D eigenvalue weighted by molar-refractivity contribution is 0.298. The summed E-state index contributed by atoms with van der Waals surface area (Å²) in [6.07, 6.45) is 0.570. The van der Waals surface area contributed by atoms with Crippen molar-refractivity contribution >= 4 is 0 Å². The van der Waals surface area contributed by atoms with Gasteiger partial charge in [0.25, 0.3) is 0 Å². The Balaban J connectivity index is 2.61. The van der Waals surface area contributed by atoms with E-state index >= 15 is 0 Å². The molecule has 9 heavy (non-hydrogen) atoms. The molecule has 3 N–H and O–H groups in total. The van der Waals surface area contributed by atoms with Crippen molar-refractivity contribution in [2.24, 2.45) is 0 Å². The molecule has 3 nitrogen and oxygen atoms in total. The van der Waals surface area contributed by atoms with Gasteiger partial charge in [-0.1, -0.05) is 0 Å². The Morgan fingerprint density at radius 2 is 2.22 bits per heavy atom. The summed E-state index contributed by atoms with van der Waals surface area (Å²) in [4.78, 5) is 2.67. The molecule has 0 aliphatic rings. The van der Waals surface area contributed by atoms with Crippen molar-refractivity contribution in [1.29, 1.82) is 0 Å². The fraction of sp³-hybridized carbons (Fsp3) is 0.333. The van der Waals surface area contributed by atoms with Crippen molar-refractivity contribution in [3.8, 4) is 5.88 Å². The number of nitrogens with one attached hydrogen (secondary N) is 1. The molecule has 0 atom stereocenters. The van der Waals surface area contributed by atoms with Gasteiger partial charge in [0.05, 0.1) is 0 Å². The first kappa shape index (κ1) is 6.16. The van der Waals surface area contributed by atoms with E-state index in [1.54, 1.807) is 12.1 Å². The third kappa shape index (κ3) is 1.47. The number of aromatic nitrogens is 1. The topological polar surface area (TPSA) is 56.2 Å². The fourth-order valence-electron chi connectivity index (χ4n) is 0.694. The van der Waals surface area contributed by atoms with Gasteiger partial charge in [0.2, 0.25) is 0 Å². The molecule has 0 spiro atoms. The molecule has 0 aromatic carbocycles. The Bertz CT molecular complexity index is 183. The number of rotatable bonds is 2. The summed E-state index contributed by atoms with van der Waals surface area (Å²) in [5.74, 6) is 0.151. The highest BCUT2D eigenvalue weighted by atomic mass is 16.3. The highest BCUT2D eigenvalue weighted by Gasteiger charge is 1.93. The van der Waals surface area contributed by atoms with Crippen molar-refractivity contribution in [3.05, 3.63) is 17.8 Å². The summed E-state index contributed by atoms with van der Waals surface area (Å²) in [6.45, 7) is 0.111. The smallest absolute Gasteiger partial charge is 0.188 e. The van der Waals surface area contributed by atoms with Gasteiger partial charge < -0.3 is 15.2 Å². The number of aromatic amines is 1. The quantitative estimate of drug-likeness (QED) is 0.533. The normalized spacial score (nSPS) is 9.89. The number of aliphatic hydroxyl groups is 1. The Kier molecular flexibility index (Phi) is 1.75. The maximum absolute atomic E-state index is 8.74. The van der Waals surface area contributed by atoms with Crippen LogP contribution in [0.4, 0.5) is 0 Å². The molecule has 0 unspecified atom stereocenters. The predicted molar refractivity (Wildman–Crippen MR) is 33.2 cm³/mol. The highest BCUT2D eigenvalue weighted by Crippen LogP contribution is 2.06. The molecular weight excluding hydrogens is 118 g/mol. The van der Waals surface area contributed by atoms with E-state index in [9.17, 15) is 0 Å². The lowest BCUT2D eigenvalue weighted by Crippen LogP contribution is -1.88. The average molecular weight is 127 g/mol. The van der Waals surface area contributed by atoms with E-state index in [4.69, 9.17) is 10.2 Å². The van der Waals surface area contributed by atoms with Crippen LogP contribution in [0, 0.1) is 0 Å². The third-order valence-corrected chi connectivity index (χ3v) is 1.11. The van der Waals surface area contributed by atoms with Crippen LogP contribution in [0.2, 0.25) is 0 Å². The van der Waals surface area contributed by atoms with Crippen LogP contribution < -0.4 is 0 Å². The summed E-state index contributed by atoms with van der Waals surface area (Å²) in [5, 5.41) is 17.2. The largest absolute Gasteiger partial charge is 0.495 e. The molecule has 1 aromatic rings. The molecule has 0 fully saturated rings. The van der Waals surface area contributed by atoms with Crippen LogP contribution in [0.25, 0.3) is 0 Å². The zero-order valence-electron chi connectivity index (χ0n) is 4.96. The van der Waals surface area contributed by atoms with E-state index in [1.165, 1.54) is 0 Å². The molecular formula is C6H9NO2. The molecule has 0 aliphatic heterocycles. The lowest BCUT2D eigenvalue weighted by atomic mass is 10.3. The molecule has 0 radical (unpaired) electrons. The van der Waals surface area contributed by atoms with Crippen LogP contribution in [0.3, 0.4) is 0 Å². The van der Waals surface area contributed by atoms with Gasteiger partial charge in [-0.2, -0.15) is 0 Å². The van der Waals surface area contributed by atoms with Crippen LogP contribution in [-0.4, -0.2) is 21.8 Å². The van der Waals surface area contributed by atoms with Gasteiger partial charge in [-0.15, -0.1) is 0 Å². The first-order chi connectivity index (χ1) is 4.33.